The van der Waals surface area contributed by atoms with Crippen LogP contribution in [0.1, 0.15) is 24.2 Å². The molecule has 1 unspecified atom stereocenters. The lowest BCUT2D eigenvalue weighted by atomic mass is 10.0. The van der Waals surface area contributed by atoms with Crippen molar-refractivity contribution < 1.29 is 9.21 Å². The number of carbonyl (C=O) groups is 1. The first-order chi connectivity index (χ1) is 11.2. The Kier molecular flexibility index (Phi) is 5.36. The number of halogens is 1. The molecule has 3 rings (SSSR count). The molecule has 4 nitrogen and oxygen atoms in total. The normalized spacial score (nSPS) is 18.2. The van der Waals surface area contributed by atoms with Gasteiger partial charge in [-0.25, -0.2) is 0 Å². The molecular weight excluding hydrogens is 312 g/mol. The second-order valence-electron chi connectivity index (χ2n) is 5.92. The van der Waals surface area contributed by atoms with Crippen LogP contribution in [0, 0.1) is 0 Å². The van der Waals surface area contributed by atoms with Crippen LogP contribution in [0.3, 0.4) is 0 Å². The summed E-state index contributed by atoms with van der Waals surface area (Å²) in [6.45, 7) is 1.83. The van der Waals surface area contributed by atoms with Gasteiger partial charge in [0.25, 0.3) is 0 Å². The fourth-order valence-corrected chi connectivity index (χ4v) is 3.30. The monoisotopic (exact) mass is 332 g/mol. The Balaban J connectivity index is 1.52. The van der Waals surface area contributed by atoms with E-state index in [9.17, 15) is 4.79 Å². The summed E-state index contributed by atoms with van der Waals surface area (Å²) in [5.74, 6) is 0.805. The van der Waals surface area contributed by atoms with Gasteiger partial charge < -0.3 is 9.73 Å². The molecule has 1 saturated heterocycles. The summed E-state index contributed by atoms with van der Waals surface area (Å²) in [6, 6.07) is 12.0. The molecule has 5 heteroatoms. The average Bonchev–Trinajstić information content (AvgIpc) is 3.20. The molecule has 1 N–H and O–H groups in total. The van der Waals surface area contributed by atoms with Crippen molar-refractivity contribution in [2.24, 2.45) is 0 Å². The Hall–Kier alpha value is -1.78. The van der Waals surface area contributed by atoms with Gasteiger partial charge in [0.2, 0.25) is 5.91 Å². The Bertz CT molecular complexity index is 642. The fraction of sp³-hybridized carbons (Fsp3) is 0.389. The first kappa shape index (κ1) is 16.1. The van der Waals surface area contributed by atoms with Crippen LogP contribution in [0.5, 0.6) is 0 Å². The predicted molar refractivity (Wildman–Crippen MR) is 90.3 cm³/mol. The molecule has 23 heavy (non-hydrogen) atoms. The highest BCUT2D eigenvalue weighted by molar-refractivity contribution is 6.31. The van der Waals surface area contributed by atoms with Gasteiger partial charge in [0.15, 0.2) is 0 Å². The summed E-state index contributed by atoms with van der Waals surface area (Å²) >= 11 is 6.25. The van der Waals surface area contributed by atoms with Crippen molar-refractivity contribution in [1.82, 2.24) is 10.2 Å². The summed E-state index contributed by atoms with van der Waals surface area (Å²) < 4.78 is 5.22. The van der Waals surface area contributed by atoms with Crippen LogP contribution in [0.25, 0.3) is 0 Å². The Labute approximate surface area is 141 Å². The Morgan fingerprint density at radius 1 is 1.30 bits per heavy atom. The van der Waals surface area contributed by atoms with Gasteiger partial charge in [-0.15, -0.1) is 0 Å². The molecule has 122 valence electrons. The minimum atomic E-state index is 0.0347. The number of carbonyl (C=O) groups excluding carboxylic acids is 1. The molecule has 1 fully saturated rings. The van der Waals surface area contributed by atoms with Gasteiger partial charge in [0.1, 0.15) is 5.76 Å². The quantitative estimate of drug-likeness (QED) is 0.883. The van der Waals surface area contributed by atoms with Crippen LogP contribution >= 0.6 is 11.6 Å². The number of likely N-dealkylation sites (tertiary alicyclic amines) is 1. The topological polar surface area (TPSA) is 45.5 Å². The van der Waals surface area contributed by atoms with Crippen molar-refractivity contribution in [1.29, 1.82) is 0 Å². The number of nitrogens with zero attached hydrogens (tertiary/aromatic N) is 1. The van der Waals surface area contributed by atoms with E-state index in [1.54, 1.807) is 6.26 Å². The molecule has 0 aliphatic carbocycles. The first-order valence-corrected chi connectivity index (χ1v) is 8.36. The fourth-order valence-electron chi connectivity index (χ4n) is 3.09. The highest BCUT2D eigenvalue weighted by atomic mass is 35.5. The van der Waals surface area contributed by atoms with Gasteiger partial charge in [0.05, 0.1) is 19.4 Å². The minimum Gasteiger partial charge on any atom is -0.467 e. The van der Waals surface area contributed by atoms with Crippen LogP contribution in [0.15, 0.2) is 47.1 Å². The summed E-state index contributed by atoms with van der Waals surface area (Å²) in [4.78, 5) is 14.4. The second-order valence-corrected chi connectivity index (χ2v) is 6.33. The zero-order valence-corrected chi connectivity index (χ0v) is 13.8. The van der Waals surface area contributed by atoms with E-state index < -0.39 is 0 Å². The van der Waals surface area contributed by atoms with Crippen LogP contribution < -0.4 is 5.32 Å². The molecular formula is C18H21ClN2O2. The number of nitrogens with one attached hydrogen (secondary N) is 1. The lowest BCUT2D eigenvalue weighted by Gasteiger charge is -2.24. The highest BCUT2D eigenvalue weighted by Gasteiger charge is 2.26. The third kappa shape index (κ3) is 4.36. The number of hydrogen-bond acceptors (Lipinski definition) is 3. The SMILES string of the molecule is O=C(CN1CCCC1Cc1ccccc1Cl)NCc1ccco1. The molecule has 1 aromatic heterocycles. The van der Waals surface area contributed by atoms with E-state index in [1.807, 2.05) is 30.3 Å². The van der Waals surface area contributed by atoms with Crippen molar-refractivity contribution >= 4 is 17.5 Å². The standard InChI is InChI=1S/C18H21ClN2O2/c19-17-8-2-1-5-14(17)11-15-6-3-9-21(15)13-18(22)20-12-16-7-4-10-23-16/h1-2,4-5,7-8,10,15H,3,6,9,11-13H2,(H,20,22). The van der Waals surface area contributed by atoms with Crippen molar-refractivity contribution in [3.05, 3.63) is 59.0 Å². The van der Waals surface area contributed by atoms with Gasteiger partial charge >= 0.3 is 0 Å². The molecule has 1 aliphatic heterocycles. The number of furan rings is 1. The van der Waals surface area contributed by atoms with Gasteiger partial charge in [-0.1, -0.05) is 29.8 Å². The maximum atomic E-state index is 12.1. The maximum Gasteiger partial charge on any atom is 0.234 e. The van der Waals surface area contributed by atoms with Crippen LogP contribution in [-0.4, -0.2) is 29.9 Å². The molecule has 2 aromatic rings. The van der Waals surface area contributed by atoms with Crippen LogP contribution in [0.4, 0.5) is 0 Å². The lowest BCUT2D eigenvalue weighted by Crippen LogP contribution is -2.40. The molecule has 1 aliphatic rings. The third-order valence-electron chi connectivity index (χ3n) is 4.30. The van der Waals surface area contributed by atoms with E-state index in [2.05, 4.69) is 16.3 Å². The minimum absolute atomic E-state index is 0.0347. The van der Waals surface area contributed by atoms with Crippen LogP contribution in [0.2, 0.25) is 5.02 Å². The first-order valence-electron chi connectivity index (χ1n) is 7.99. The second kappa shape index (κ2) is 7.66. The summed E-state index contributed by atoms with van der Waals surface area (Å²) in [5, 5.41) is 3.71. The number of hydrogen-bond donors (Lipinski definition) is 1. The van der Waals surface area contributed by atoms with E-state index >= 15 is 0 Å². The smallest absolute Gasteiger partial charge is 0.234 e. The van der Waals surface area contributed by atoms with Crippen molar-refractivity contribution in [3.63, 3.8) is 0 Å². The summed E-state index contributed by atoms with van der Waals surface area (Å²) in [7, 11) is 0. The van der Waals surface area contributed by atoms with Gasteiger partial charge in [-0.05, 0) is 49.6 Å². The largest absolute Gasteiger partial charge is 0.467 e. The van der Waals surface area contributed by atoms with Crippen molar-refractivity contribution in [3.8, 4) is 0 Å². The van der Waals surface area contributed by atoms with E-state index in [0.29, 0.717) is 19.1 Å². The van der Waals surface area contributed by atoms with E-state index in [4.69, 9.17) is 16.0 Å². The van der Waals surface area contributed by atoms with E-state index in [-0.39, 0.29) is 5.91 Å². The van der Waals surface area contributed by atoms with Gasteiger partial charge in [0, 0.05) is 11.1 Å². The molecule has 1 amide bonds. The number of amides is 1. The van der Waals surface area contributed by atoms with Crippen LogP contribution in [-0.2, 0) is 17.8 Å². The highest BCUT2D eigenvalue weighted by Crippen LogP contribution is 2.24. The third-order valence-corrected chi connectivity index (χ3v) is 4.67. The summed E-state index contributed by atoms with van der Waals surface area (Å²) in [6.07, 6.45) is 4.74. The zero-order chi connectivity index (χ0) is 16.1. The molecule has 2 heterocycles. The molecule has 0 spiro atoms. The predicted octanol–water partition coefficient (Wildman–Crippen LogP) is 3.26. The van der Waals surface area contributed by atoms with Crippen molar-refractivity contribution in [2.45, 2.75) is 31.8 Å². The van der Waals surface area contributed by atoms with E-state index in [0.717, 1.165) is 42.2 Å². The number of benzene rings is 1. The molecule has 0 saturated carbocycles. The molecule has 0 bridgehead atoms. The van der Waals surface area contributed by atoms with E-state index in [1.165, 1.54) is 0 Å². The molecule has 1 atom stereocenters. The molecule has 0 radical (unpaired) electrons. The van der Waals surface area contributed by atoms with Crippen molar-refractivity contribution in [2.75, 3.05) is 13.1 Å². The van der Waals surface area contributed by atoms with Gasteiger partial charge in [-0.3, -0.25) is 9.69 Å². The maximum absolute atomic E-state index is 12.1. The lowest BCUT2D eigenvalue weighted by molar-refractivity contribution is -0.122. The average molecular weight is 333 g/mol. The summed E-state index contributed by atoms with van der Waals surface area (Å²) in [5.41, 5.74) is 1.15. The molecule has 1 aromatic carbocycles. The Morgan fingerprint density at radius 3 is 2.96 bits per heavy atom. The van der Waals surface area contributed by atoms with Gasteiger partial charge in [-0.2, -0.15) is 0 Å². The Morgan fingerprint density at radius 2 is 2.17 bits per heavy atom. The number of rotatable bonds is 6. The zero-order valence-electron chi connectivity index (χ0n) is 13.0.